The quantitative estimate of drug-likeness (QED) is 0.411. The third-order valence-corrected chi connectivity index (χ3v) is 5.67. The molecule has 0 atom stereocenters. The molecule has 1 saturated heterocycles. The number of benzene rings is 1. The third-order valence-electron chi connectivity index (χ3n) is 4.04. The maximum atomic E-state index is 12.8. The minimum atomic E-state index is 0.00273. The minimum Gasteiger partial charge on any atom is -0.286 e. The second-order valence-corrected chi connectivity index (χ2v) is 8.24. The maximum Gasteiger partial charge on any atom is 0.267 e. The van der Waals surface area contributed by atoms with Crippen molar-refractivity contribution in [2.24, 2.45) is 0 Å². The standard InChI is InChI=1S/C19H25ClN2OS2/c1-3-5-11-21(12-6-4-2)14-22-18(23)17(25-19(22)24)13-15-7-9-16(20)10-8-15/h7-10,13H,3-6,11-12,14H2,1-2H3/b17-13-. The topological polar surface area (TPSA) is 23.6 Å². The largest absolute Gasteiger partial charge is 0.286 e. The summed E-state index contributed by atoms with van der Waals surface area (Å²) in [5, 5.41) is 0.687. The summed E-state index contributed by atoms with van der Waals surface area (Å²) in [6, 6.07) is 7.46. The lowest BCUT2D eigenvalue weighted by Gasteiger charge is -2.27. The van der Waals surface area contributed by atoms with Gasteiger partial charge in [0.2, 0.25) is 0 Å². The normalized spacial score (nSPS) is 16.5. The first-order valence-electron chi connectivity index (χ1n) is 8.78. The lowest BCUT2D eigenvalue weighted by molar-refractivity contribution is -0.123. The summed E-state index contributed by atoms with van der Waals surface area (Å²) in [4.78, 5) is 17.5. The molecule has 1 aliphatic heterocycles. The Morgan fingerprint density at radius 2 is 1.76 bits per heavy atom. The van der Waals surface area contributed by atoms with E-state index in [4.69, 9.17) is 23.8 Å². The van der Waals surface area contributed by atoms with Gasteiger partial charge in [0.15, 0.2) is 0 Å². The molecule has 0 aromatic heterocycles. The second-order valence-electron chi connectivity index (χ2n) is 6.13. The molecule has 0 aliphatic carbocycles. The van der Waals surface area contributed by atoms with Crippen molar-refractivity contribution in [2.75, 3.05) is 19.8 Å². The van der Waals surface area contributed by atoms with Gasteiger partial charge in [-0.15, -0.1) is 0 Å². The molecule has 0 bridgehead atoms. The first-order valence-corrected chi connectivity index (χ1v) is 10.4. The highest BCUT2D eigenvalue weighted by Gasteiger charge is 2.32. The molecule has 1 aliphatic rings. The van der Waals surface area contributed by atoms with Gasteiger partial charge >= 0.3 is 0 Å². The van der Waals surface area contributed by atoms with Gasteiger partial charge in [-0.3, -0.25) is 14.6 Å². The van der Waals surface area contributed by atoms with Crippen LogP contribution in [0.5, 0.6) is 0 Å². The fourth-order valence-corrected chi connectivity index (χ4v) is 3.92. The molecule has 1 fully saturated rings. The zero-order valence-corrected chi connectivity index (χ0v) is 17.2. The fraction of sp³-hybridized carbons (Fsp3) is 0.474. The van der Waals surface area contributed by atoms with Crippen LogP contribution in [0.15, 0.2) is 29.2 Å². The zero-order valence-electron chi connectivity index (χ0n) is 14.8. The first kappa shape index (κ1) is 20.4. The van der Waals surface area contributed by atoms with E-state index < -0.39 is 0 Å². The molecule has 136 valence electrons. The predicted octanol–water partition coefficient (Wildman–Crippen LogP) is 5.40. The van der Waals surface area contributed by atoms with Crippen molar-refractivity contribution in [3.63, 3.8) is 0 Å². The van der Waals surface area contributed by atoms with E-state index in [1.54, 1.807) is 4.90 Å². The van der Waals surface area contributed by atoms with Gasteiger partial charge in [-0.25, -0.2) is 0 Å². The van der Waals surface area contributed by atoms with Crippen molar-refractivity contribution < 1.29 is 4.79 Å². The van der Waals surface area contributed by atoms with Crippen molar-refractivity contribution in [1.82, 2.24) is 9.80 Å². The van der Waals surface area contributed by atoms with Gasteiger partial charge in [0, 0.05) is 5.02 Å². The number of halogens is 1. The zero-order chi connectivity index (χ0) is 18.2. The van der Waals surface area contributed by atoms with Crippen molar-refractivity contribution in [2.45, 2.75) is 39.5 Å². The van der Waals surface area contributed by atoms with Gasteiger partial charge in [0.1, 0.15) is 4.32 Å². The van der Waals surface area contributed by atoms with Crippen LogP contribution in [-0.4, -0.2) is 39.8 Å². The number of rotatable bonds is 9. The fourth-order valence-electron chi connectivity index (χ4n) is 2.55. The third kappa shape index (κ3) is 6.10. The summed E-state index contributed by atoms with van der Waals surface area (Å²) in [5.41, 5.74) is 0.957. The Bertz CT molecular complexity index is 623. The Hall–Kier alpha value is -0.880. The van der Waals surface area contributed by atoms with Crippen molar-refractivity contribution in [1.29, 1.82) is 0 Å². The molecule has 0 spiro atoms. The van der Waals surface area contributed by atoms with Crippen LogP contribution in [0.25, 0.3) is 6.08 Å². The molecule has 0 saturated carbocycles. The lowest BCUT2D eigenvalue weighted by Crippen LogP contribution is -2.41. The second kappa shape index (κ2) is 10.3. The molecular weight excluding hydrogens is 372 g/mol. The SMILES string of the molecule is CCCCN(CCCC)CN1C(=O)/C(=C/c2ccc(Cl)cc2)SC1=S. The Labute approximate surface area is 165 Å². The number of carbonyl (C=O) groups is 1. The molecular formula is C19H25ClN2OS2. The predicted molar refractivity (Wildman–Crippen MR) is 113 cm³/mol. The molecule has 1 aromatic carbocycles. The number of carbonyl (C=O) groups excluding carboxylic acids is 1. The summed E-state index contributed by atoms with van der Waals surface area (Å²) < 4.78 is 0.642. The Kier molecular flexibility index (Phi) is 8.43. The molecule has 1 amide bonds. The summed E-state index contributed by atoms with van der Waals surface area (Å²) >= 11 is 12.8. The van der Waals surface area contributed by atoms with Crippen LogP contribution in [-0.2, 0) is 4.79 Å². The van der Waals surface area contributed by atoms with Crippen LogP contribution >= 0.6 is 35.6 Å². The number of thiocarbonyl (C=S) groups is 1. The summed E-state index contributed by atoms with van der Waals surface area (Å²) in [6.07, 6.45) is 6.46. The minimum absolute atomic E-state index is 0.00273. The van der Waals surface area contributed by atoms with Crippen LogP contribution in [0.1, 0.15) is 45.1 Å². The number of thioether (sulfide) groups is 1. The van der Waals surface area contributed by atoms with Crippen LogP contribution in [0, 0.1) is 0 Å². The Morgan fingerprint density at radius 1 is 1.16 bits per heavy atom. The molecule has 1 aromatic rings. The van der Waals surface area contributed by atoms with Crippen LogP contribution < -0.4 is 0 Å². The van der Waals surface area contributed by atoms with E-state index in [9.17, 15) is 4.79 Å². The van der Waals surface area contributed by atoms with Crippen LogP contribution in [0.4, 0.5) is 0 Å². The van der Waals surface area contributed by atoms with Gasteiger partial charge in [0.25, 0.3) is 5.91 Å². The van der Waals surface area contributed by atoms with E-state index >= 15 is 0 Å². The van der Waals surface area contributed by atoms with Crippen LogP contribution in [0.2, 0.25) is 5.02 Å². The molecule has 0 radical (unpaired) electrons. The molecule has 3 nitrogen and oxygen atoms in total. The average molecular weight is 397 g/mol. The molecule has 0 unspecified atom stereocenters. The monoisotopic (exact) mass is 396 g/mol. The van der Waals surface area contributed by atoms with E-state index in [2.05, 4.69) is 18.7 Å². The van der Waals surface area contributed by atoms with Gasteiger partial charge < -0.3 is 0 Å². The maximum absolute atomic E-state index is 12.8. The lowest BCUT2D eigenvalue weighted by atomic mass is 10.2. The smallest absolute Gasteiger partial charge is 0.267 e. The number of unbranched alkanes of at least 4 members (excludes halogenated alkanes) is 2. The van der Waals surface area contributed by atoms with Gasteiger partial charge in [0.05, 0.1) is 11.6 Å². The highest BCUT2D eigenvalue weighted by Crippen LogP contribution is 2.32. The first-order chi connectivity index (χ1) is 12.0. The molecule has 0 N–H and O–H groups in total. The molecule has 25 heavy (non-hydrogen) atoms. The summed E-state index contributed by atoms with van der Waals surface area (Å²) in [5.74, 6) is 0.00273. The highest BCUT2D eigenvalue weighted by atomic mass is 35.5. The van der Waals surface area contributed by atoms with E-state index in [-0.39, 0.29) is 5.91 Å². The number of nitrogens with zero attached hydrogens (tertiary/aromatic N) is 2. The molecule has 6 heteroatoms. The van der Waals surface area contributed by atoms with Gasteiger partial charge in [-0.1, -0.05) is 74.4 Å². The average Bonchev–Trinajstić information content (AvgIpc) is 2.86. The van der Waals surface area contributed by atoms with E-state index in [1.165, 1.54) is 11.8 Å². The Morgan fingerprint density at radius 3 is 2.32 bits per heavy atom. The number of hydrogen-bond acceptors (Lipinski definition) is 4. The van der Waals surface area contributed by atoms with Crippen LogP contribution in [0.3, 0.4) is 0 Å². The van der Waals surface area contributed by atoms with Crippen molar-refractivity contribution in [3.05, 3.63) is 39.8 Å². The molecule has 1 heterocycles. The van der Waals surface area contributed by atoms with Gasteiger partial charge in [-0.2, -0.15) is 0 Å². The number of hydrogen-bond donors (Lipinski definition) is 0. The van der Waals surface area contributed by atoms with E-state index in [1.807, 2.05) is 30.3 Å². The van der Waals surface area contributed by atoms with E-state index in [0.717, 1.165) is 44.3 Å². The summed E-state index contributed by atoms with van der Waals surface area (Å²) in [6.45, 7) is 6.97. The molecule has 2 rings (SSSR count). The highest BCUT2D eigenvalue weighted by molar-refractivity contribution is 8.26. The summed E-state index contributed by atoms with van der Waals surface area (Å²) in [7, 11) is 0. The van der Waals surface area contributed by atoms with Crippen molar-refractivity contribution >= 4 is 51.9 Å². The number of amides is 1. The van der Waals surface area contributed by atoms with Gasteiger partial charge in [-0.05, 0) is 49.7 Å². The van der Waals surface area contributed by atoms with E-state index in [0.29, 0.717) is 20.9 Å². The van der Waals surface area contributed by atoms with Crippen molar-refractivity contribution in [3.8, 4) is 0 Å². The Balaban J connectivity index is 2.07.